The molecule has 0 unspecified atom stereocenters. The molecule has 0 radical (unpaired) electrons. The smallest absolute Gasteiger partial charge is 0.354 e. The van der Waals surface area contributed by atoms with Gasteiger partial charge in [0.2, 0.25) is 0 Å². The van der Waals surface area contributed by atoms with Crippen molar-refractivity contribution in [1.29, 1.82) is 0 Å². The van der Waals surface area contributed by atoms with E-state index in [-0.39, 0.29) is 5.69 Å². The minimum absolute atomic E-state index is 0.00500. The number of carboxylic acids is 1. The molecule has 0 atom stereocenters. The maximum Gasteiger partial charge on any atom is 0.354 e. The van der Waals surface area contributed by atoms with Gasteiger partial charge in [0.15, 0.2) is 11.5 Å². The van der Waals surface area contributed by atoms with Crippen LogP contribution in [0.5, 0.6) is 0 Å². The van der Waals surface area contributed by atoms with Gasteiger partial charge in [0.25, 0.3) is 5.78 Å². The first-order valence-corrected chi connectivity index (χ1v) is 6.48. The minimum atomic E-state index is -1.04. The summed E-state index contributed by atoms with van der Waals surface area (Å²) in [5.41, 5.74) is 0.00500. The standard InChI is InChI=1S/C12H13N5O2/c18-11(19)8-5-9(13-7-3-4-7)17-12(14-8)15-10(16-17)6-1-2-6/h5-7,13H,1-4H2,(H,18,19). The number of nitrogens with one attached hydrogen (secondary N) is 1. The van der Waals surface area contributed by atoms with Crippen molar-refractivity contribution in [2.45, 2.75) is 37.6 Å². The normalized spacial score (nSPS) is 18.7. The van der Waals surface area contributed by atoms with E-state index in [0.29, 0.717) is 23.6 Å². The molecular formula is C12H13N5O2. The Hall–Kier alpha value is -2.18. The van der Waals surface area contributed by atoms with Gasteiger partial charge in [-0.25, -0.2) is 9.78 Å². The topological polar surface area (TPSA) is 92.4 Å². The van der Waals surface area contributed by atoms with Gasteiger partial charge in [-0.1, -0.05) is 0 Å². The molecule has 2 fully saturated rings. The fourth-order valence-corrected chi connectivity index (χ4v) is 2.05. The van der Waals surface area contributed by atoms with Gasteiger partial charge >= 0.3 is 5.97 Å². The summed E-state index contributed by atoms with van der Waals surface area (Å²) in [6, 6.07) is 1.94. The molecule has 2 aliphatic rings. The largest absolute Gasteiger partial charge is 0.477 e. The number of carboxylic acid groups (broad SMARTS) is 1. The monoisotopic (exact) mass is 259 g/mol. The lowest BCUT2D eigenvalue weighted by atomic mass is 10.4. The Labute approximate surface area is 108 Å². The van der Waals surface area contributed by atoms with E-state index in [1.54, 1.807) is 4.52 Å². The van der Waals surface area contributed by atoms with Gasteiger partial charge in [-0.3, -0.25) is 0 Å². The van der Waals surface area contributed by atoms with Crippen molar-refractivity contribution in [2.75, 3.05) is 5.32 Å². The average Bonchev–Trinajstić information content (AvgIpc) is 3.28. The molecule has 0 bridgehead atoms. The molecule has 7 heteroatoms. The van der Waals surface area contributed by atoms with Crippen molar-refractivity contribution in [3.63, 3.8) is 0 Å². The molecule has 0 aromatic carbocycles. The van der Waals surface area contributed by atoms with Crippen LogP contribution >= 0.6 is 0 Å². The van der Waals surface area contributed by atoms with Crippen LogP contribution in [0.2, 0.25) is 0 Å². The highest BCUT2D eigenvalue weighted by molar-refractivity contribution is 5.86. The second-order valence-electron chi connectivity index (χ2n) is 5.21. The van der Waals surface area contributed by atoms with E-state index in [2.05, 4.69) is 20.4 Å². The summed E-state index contributed by atoms with van der Waals surface area (Å²) in [6.45, 7) is 0. The molecule has 4 rings (SSSR count). The molecule has 0 spiro atoms. The van der Waals surface area contributed by atoms with Crippen molar-refractivity contribution in [2.24, 2.45) is 0 Å². The van der Waals surface area contributed by atoms with Crippen molar-refractivity contribution in [3.8, 4) is 0 Å². The number of nitrogens with zero attached hydrogens (tertiary/aromatic N) is 4. The molecule has 7 nitrogen and oxygen atoms in total. The van der Waals surface area contributed by atoms with Crippen molar-refractivity contribution >= 4 is 17.6 Å². The van der Waals surface area contributed by atoms with Crippen LogP contribution in [0.15, 0.2) is 6.07 Å². The van der Waals surface area contributed by atoms with E-state index in [1.165, 1.54) is 6.07 Å². The Balaban J connectivity index is 1.85. The van der Waals surface area contributed by atoms with Gasteiger partial charge in [0, 0.05) is 18.0 Å². The number of hydrogen-bond acceptors (Lipinski definition) is 5. The lowest BCUT2D eigenvalue weighted by Gasteiger charge is -2.06. The van der Waals surface area contributed by atoms with Gasteiger partial charge in [0.1, 0.15) is 5.82 Å². The van der Waals surface area contributed by atoms with Crippen LogP contribution in [-0.2, 0) is 0 Å². The zero-order valence-corrected chi connectivity index (χ0v) is 10.2. The van der Waals surface area contributed by atoms with Crippen molar-refractivity contribution < 1.29 is 9.90 Å². The lowest BCUT2D eigenvalue weighted by molar-refractivity contribution is 0.0690. The molecule has 0 amide bonds. The van der Waals surface area contributed by atoms with Crippen LogP contribution < -0.4 is 5.32 Å². The molecule has 2 aliphatic carbocycles. The third kappa shape index (κ3) is 1.91. The number of rotatable bonds is 4. The molecule has 2 aromatic rings. The van der Waals surface area contributed by atoms with E-state index in [9.17, 15) is 4.79 Å². The fraction of sp³-hybridized carbons (Fsp3) is 0.500. The van der Waals surface area contributed by atoms with Crippen molar-refractivity contribution in [1.82, 2.24) is 19.6 Å². The maximum atomic E-state index is 11.1. The van der Waals surface area contributed by atoms with Crippen LogP contribution in [0.3, 0.4) is 0 Å². The van der Waals surface area contributed by atoms with Gasteiger partial charge in [0.05, 0.1) is 0 Å². The zero-order chi connectivity index (χ0) is 13.0. The zero-order valence-electron chi connectivity index (χ0n) is 10.2. The summed E-state index contributed by atoms with van der Waals surface area (Å²) in [5.74, 6) is 1.18. The second kappa shape index (κ2) is 3.66. The molecule has 19 heavy (non-hydrogen) atoms. The first-order chi connectivity index (χ1) is 9.20. The van der Waals surface area contributed by atoms with Crippen LogP contribution in [0.25, 0.3) is 5.78 Å². The quantitative estimate of drug-likeness (QED) is 0.859. The highest BCUT2D eigenvalue weighted by atomic mass is 16.4. The van der Waals surface area contributed by atoms with E-state index in [4.69, 9.17) is 5.11 Å². The number of anilines is 1. The van der Waals surface area contributed by atoms with Gasteiger partial charge < -0.3 is 10.4 Å². The summed E-state index contributed by atoms with van der Waals surface area (Å²) in [4.78, 5) is 19.5. The second-order valence-corrected chi connectivity index (χ2v) is 5.21. The third-order valence-electron chi connectivity index (χ3n) is 3.42. The van der Waals surface area contributed by atoms with Crippen molar-refractivity contribution in [3.05, 3.63) is 17.6 Å². The Morgan fingerprint density at radius 2 is 2.11 bits per heavy atom. The fourth-order valence-electron chi connectivity index (χ4n) is 2.05. The van der Waals surface area contributed by atoms with E-state index < -0.39 is 5.97 Å². The lowest BCUT2D eigenvalue weighted by Crippen LogP contribution is -2.11. The van der Waals surface area contributed by atoms with E-state index in [1.807, 2.05) is 0 Å². The molecule has 2 aromatic heterocycles. The highest BCUT2D eigenvalue weighted by Crippen LogP contribution is 2.38. The highest BCUT2D eigenvalue weighted by Gasteiger charge is 2.29. The summed E-state index contributed by atoms with van der Waals surface area (Å²) in [5, 5.41) is 16.8. The first kappa shape index (κ1) is 10.7. The predicted octanol–water partition coefficient (Wildman–Crippen LogP) is 1.27. The molecule has 2 heterocycles. The molecule has 98 valence electrons. The van der Waals surface area contributed by atoms with E-state index in [0.717, 1.165) is 31.5 Å². The maximum absolute atomic E-state index is 11.1. The molecule has 2 saturated carbocycles. The summed E-state index contributed by atoms with van der Waals surface area (Å²) in [7, 11) is 0. The van der Waals surface area contributed by atoms with Gasteiger partial charge in [-0.2, -0.15) is 9.50 Å². The average molecular weight is 259 g/mol. The third-order valence-corrected chi connectivity index (χ3v) is 3.42. The molecule has 0 saturated heterocycles. The summed E-state index contributed by atoms with van der Waals surface area (Å²) in [6.07, 6.45) is 4.43. The van der Waals surface area contributed by atoms with Gasteiger partial charge in [-0.15, -0.1) is 5.10 Å². The van der Waals surface area contributed by atoms with Crippen LogP contribution in [0.1, 0.15) is 47.9 Å². The number of aromatic nitrogens is 4. The molecule has 0 aliphatic heterocycles. The van der Waals surface area contributed by atoms with Crippen LogP contribution in [0.4, 0.5) is 5.82 Å². The Kier molecular flexibility index (Phi) is 2.06. The molecular weight excluding hydrogens is 246 g/mol. The summed E-state index contributed by atoms with van der Waals surface area (Å²) >= 11 is 0. The minimum Gasteiger partial charge on any atom is -0.477 e. The Morgan fingerprint density at radius 3 is 2.74 bits per heavy atom. The van der Waals surface area contributed by atoms with Crippen LogP contribution in [0, 0.1) is 0 Å². The number of carbonyl (C=O) groups is 1. The molecule has 2 N–H and O–H groups in total. The number of fused-ring (bicyclic) bond motifs is 1. The first-order valence-electron chi connectivity index (χ1n) is 6.48. The van der Waals surface area contributed by atoms with Crippen LogP contribution in [-0.4, -0.2) is 36.7 Å². The summed E-state index contributed by atoms with van der Waals surface area (Å²) < 4.78 is 1.62. The number of aromatic carboxylic acids is 1. The number of hydrogen-bond donors (Lipinski definition) is 2. The van der Waals surface area contributed by atoms with E-state index >= 15 is 0 Å². The van der Waals surface area contributed by atoms with Gasteiger partial charge in [-0.05, 0) is 25.7 Å². The Morgan fingerprint density at radius 1 is 1.32 bits per heavy atom. The SMILES string of the molecule is O=C(O)c1cc(NC2CC2)n2nc(C3CC3)nc2n1. The Bertz CT molecular complexity index is 672. The predicted molar refractivity (Wildman–Crippen MR) is 66.4 cm³/mol.